The van der Waals surface area contributed by atoms with Crippen molar-refractivity contribution in [2.24, 2.45) is 0 Å². The van der Waals surface area contributed by atoms with Crippen LogP contribution in [-0.4, -0.2) is 63.7 Å². The summed E-state index contributed by atoms with van der Waals surface area (Å²) in [6, 6.07) is 8.27. The Bertz CT molecular complexity index is 382. The lowest BCUT2D eigenvalue weighted by Gasteiger charge is -2.19. The minimum Gasteiger partial charge on any atom is -0.492 e. The SMILES string of the molecule is CCNCc1ccccc1OCCN(C)CCCN(C)C. The molecule has 1 aromatic carbocycles. The Hall–Kier alpha value is -1.10. The lowest BCUT2D eigenvalue weighted by molar-refractivity contribution is 0.228. The number of nitrogens with one attached hydrogen (secondary N) is 1. The van der Waals surface area contributed by atoms with Gasteiger partial charge < -0.3 is 19.9 Å². The predicted octanol–water partition coefficient (Wildman–Crippen LogP) is 2.06. The first-order chi connectivity index (χ1) is 10.1. The summed E-state index contributed by atoms with van der Waals surface area (Å²) >= 11 is 0. The molecule has 4 nitrogen and oxygen atoms in total. The van der Waals surface area contributed by atoms with Crippen molar-refractivity contribution in [2.75, 3.05) is 53.9 Å². The van der Waals surface area contributed by atoms with E-state index in [1.165, 1.54) is 12.0 Å². The van der Waals surface area contributed by atoms with E-state index in [0.717, 1.165) is 45.1 Å². The van der Waals surface area contributed by atoms with E-state index in [1.54, 1.807) is 0 Å². The van der Waals surface area contributed by atoms with Gasteiger partial charge in [-0.15, -0.1) is 0 Å². The average molecular weight is 293 g/mol. The maximum atomic E-state index is 5.94. The van der Waals surface area contributed by atoms with Crippen molar-refractivity contribution in [3.8, 4) is 5.75 Å². The van der Waals surface area contributed by atoms with E-state index in [4.69, 9.17) is 4.74 Å². The molecule has 0 fully saturated rings. The van der Waals surface area contributed by atoms with E-state index in [-0.39, 0.29) is 0 Å². The van der Waals surface area contributed by atoms with Gasteiger partial charge in [0.15, 0.2) is 0 Å². The highest BCUT2D eigenvalue weighted by Crippen LogP contribution is 2.17. The Morgan fingerprint density at radius 3 is 2.52 bits per heavy atom. The number of nitrogens with zero attached hydrogens (tertiary/aromatic N) is 2. The fourth-order valence-electron chi connectivity index (χ4n) is 2.13. The molecule has 21 heavy (non-hydrogen) atoms. The van der Waals surface area contributed by atoms with Gasteiger partial charge >= 0.3 is 0 Å². The van der Waals surface area contributed by atoms with E-state index >= 15 is 0 Å². The number of para-hydroxylation sites is 1. The predicted molar refractivity (Wildman–Crippen MR) is 90.0 cm³/mol. The van der Waals surface area contributed by atoms with Crippen molar-refractivity contribution in [1.82, 2.24) is 15.1 Å². The minimum atomic E-state index is 0.738. The lowest BCUT2D eigenvalue weighted by atomic mass is 10.2. The van der Waals surface area contributed by atoms with Crippen LogP contribution >= 0.6 is 0 Å². The Balaban J connectivity index is 2.28. The first kappa shape index (κ1) is 18.0. The lowest BCUT2D eigenvalue weighted by Crippen LogP contribution is -2.27. The first-order valence-corrected chi connectivity index (χ1v) is 7.88. The molecule has 0 spiro atoms. The molecule has 0 unspecified atom stereocenters. The molecule has 0 aliphatic carbocycles. The molecule has 120 valence electrons. The number of hydrogen-bond acceptors (Lipinski definition) is 4. The van der Waals surface area contributed by atoms with E-state index in [0.29, 0.717) is 0 Å². The van der Waals surface area contributed by atoms with Crippen molar-refractivity contribution < 1.29 is 4.74 Å². The molecule has 1 rings (SSSR count). The summed E-state index contributed by atoms with van der Waals surface area (Å²) < 4.78 is 5.94. The monoisotopic (exact) mass is 293 g/mol. The summed E-state index contributed by atoms with van der Waals surface area (Å²) in [5.41, 5.74) is 1.23. The highest BCUT2D eigenvalue weighted by Gasteiger charge is 2.04. The van der Waals surface area contributed by atoms with Gasteiger partial charge in [-0.3, -0.25) is 0 Å². The van der Waals surface area contributed by atoms with E-state index in [1.807, 2.05) is 6.07 Å². The second-order valence-electron chi connectivity index (χ2n) is 5.70. The second-order valence-corrected chi connectivity index (χ2v) is 5.70. The van der Waals surface area contributed by atoms with Crippen LogP contribution in [-0.2, 0) is 6.54 Å². The molecular formula is C17H31N3O. The molecule has 0 amide bonds. The van der Waals surface area contributed by atoms with Crippen molar-refractivity contribution in [2.45, 2.75) is 19.9 Å². The van der Waals surface area contributed by atoms with Crippen molar-refractivity contribution in [3.63, 3.8) is 0 Å². The molecule has 0 bridgehead atoms. The van der Waals surface area contributed by atoms with Gasteiger partial charge in [0, 0.05) is 18.7 Å². The molecule has 0 heterocycles. The molecule has 1 N–H and O–H groups in total. The third kappa shape index (κ3) is 8.05. The fraction of sp³-hybridized carbons (Fsp3) is 0.647. The number of benzene rings is 1. The minimum absolute atomic E-state index is 0.738. The van der Waals surface area contributed by atoms with Crippen LogP contribution in [0, 0.1) is 0 Å². The van der Waals surface area contributed by atoms with Gasteiger partial charge in [-0.1, -0.05) is 25.1 Å². The van der Waals surface area contributed by atoms with Gasteiger partial charge in [0.05, 0.1) is 0 Å². The molecule has 0 aliphatic rings. The number of rotatable bonds is 11. The normalized spacial score (nSPS) is 11.3. The largest absolute Gasteiger partial charge is 0.492 e. The molecule has 0 atom stereocenters. The van der Waals surface area contributed by atoms with E-state index in [9.17, 15) is 0 Å². The molecule has 0 aromatic heterocycles. The van der Waals surface area contributed by atoms with Crippen molar-refractivity contribution in [1.29, 1.82) is 0 Å². The second kappa shape index (κ2) is 10.6. The van der Waals surface area contributed by atoms with E-state index < -0.39 is 0 Å². The van der Waals surface area contributed by atoms with Gasteiger partial charge in [-0.2, -0.15) is 0 Å². The summed E-state index contributed by atoms with van der Waals surface area (Å²) in [7, 11) is 6.39. The smallest absolute Gasteiger partial charge is 0.123 e. The molecule has 0 radical (unpaired) electrons. The van der Waals surface area contributed by atoms with Gasteiger partial charge in [-0.25, -0.2) is 0 Å². The first-order valence-electron chi connectivity index (χ1n) is 7.88. The van der Waals surface area contributed by atoms with Crippen LogP contribution in [0.25, 0.3) is 0 Å². The quantitative estimate of drug-likeness (QED) is 0.676. The molecular weight excluding hydrogens is 262 g/mol. The Kier molecular flexibility index (Phi) is 9.06. The standard InChI is InChI=1S/C17H31N3O/c1-5-18-15-16-9-6-7-10-17(16)21-14-13-20(4)12-8-11-19(2)3/h6-7,9-10,18H,5,8,11-15H2,1-4H3. The zero-order chi connectivity index (χ0) is 15.5. The Morgan fingerprint density at radius 1 is 1.05 bits per heavy atom. The topological polar surface area (TPSA) is 27.7 Å². The zero-order valence-electron chi connectivity index (χ0n) is 14.1. The third-order valence-corrected chi connectivity index (χ3v) is 3.41. The van der Waals surface area contributed by atoms with Gasteiger partial charge in [0.2, 0.25) is 0 Å². The average Bonchev–Trinajstić information content (AvgIpc) is 2.46. The summed E-state index contributed by atoms with van der Waals surface area (Å²) in [6.45, 7) is 7.91. The number of likely N-dealkylation sites (N-methyl/N-ethyl adjacent to an activating group) is 1. The van der Waals surface area contributed by atoms with Crippen LogP contribution in [0.3, 0.4) is 0 Å². The van der Waals surface area contributed by atoms with Crippen LogP contribution in [0.15, 0.2) is 24.3 Å². The molecule has 0 aliphatic heterocycles. The van der Waals surface area contributed by atoms with Gasteiger partial charge in [0.1, 0.15) is 12.4 Å². The number of ether oxygens (including phenoxy) is 1. The fourth-order valence-corrected chi connectivity index (χ4v) is 2.13. The van der Waals surface area contributed by atoms with Crippen LogP contribution < -0.4 is 10.1 Å². The highest BCUT2D eigenvalue weighted by molar-refractivity contribution is 5.33. The Labute approximate surface area is 130 Å². The summed E-state index contributed by atoms with van der Waals surface area (Å²) in [4.78, 5) is 4.55. The summed E-state index contributed by atoms with van der Waals surface area (Å²) in [5.74, 6) is 1.00. The molecule has 1 aromatic rings. The zero-order valence-corrected chi connectivity index (χ0v) is 14.1. The Morgan fingerprint density at radius 2 is 1.81 bits per heavy atom. The van der Waals surface area contributed by atoms with Gasteiger partial charge in [-0.05, 0) is 53.3 Å². The maximum absolute atomic E-state index is 5.94. The maximum Gasteiger partial charge on any atom is 0.123 e. The summed E-state index contributed by atoms with van der Waals surface area (Å²) in [6.07, 6.45) is 1.19. The number of hydrogen-bond donors (Lipinski definition) is 1. The van der Waals surface area contributed by atoms with Crippen LogP contribution in [0.2, 0.25) is 0 Å². The van der Waals surface area contributed by atoms with Crippen LogP contribution in [0.1, 0.15) is 18.9 Å². The van der Waals surface area contributed by atoms with Crippen molar-refractivity contribution >= 4 is 0 Å². The van der Waals surface area contributed by atoms with Crippen molar-refractivity contribution in [3.05, 3.63) is 29.8 Å². The van der Waals surface area contributed by atoms with E-state index in [2.05, 4.69) is 61.4 Å². The van der Waals surface area contributed by atoms with Crippen LogP contribution in [0.5, 0.6) is 5.75 Å². The third-order valence-electron chi connectivity index (χ3n) is 3.41. The summed E-state index contributed by atoms with van der Waals surface area (Å²) in [5, 5.41) is 3.35. The molecule has 4 heteroatoms. The van der Waals surface area contributed by atoms with Crippen LogP contribution in [0.4, 0.5) is 0 Å². The van der Waals surface area contributed by atoms with Gasteiger partial charge in [0.25, 0.3) is 0 Å². The molecule has 0 saturated heterocycles. The molecule has 0 saturated carbocycles. The highest BCUT2D eigenvalue weighted by atomic mass is 16.5.